The van der Waals surface area contributed by atoms with Gasteiger partial charge in [0.2, 0.25) is 0 Å². The first-order valence-corrected chi connectivity index (χ1v) is 7.96. The fourth-order valence-electron chi connectivity index (χ4n) is 2.20. The van der Waals surface area contributed by atoms with Crippen LogP contribution in [0, 0.1) is 0 Å². The summed E-state index contributed by atoms with van der Waals surface area (Å²) >= 11 is 0. The van der Waals surface area contributed by atoms with E-state index in [2.05, 4.69) is 4.90 Å². The number of benzene rings is 1. The summed E-state index contributed by atoms with van der Waals surface area (Å²) in [7, 11) is -2.96. The zero-order valence-corrected chi connectivity index (χ0v) is 11.7. The van der Waals surface area contributed by atoms with Crippen molar-refractivity contribution in [2.45, 2.75) is 25.5 Å². The number of hydrogen-bond donors (Lipinski definition) is 1. The summed E-state index contributed by atoms with van der Waals surface area (Å²) in [5.41, 5.74) is 8.86. The van der Waals surface area contributed by atoms with Crippen LogP contribution in [0.4, 0.5) is 11.4 Å². The maximum atomic E-state index is 11.8. The molecular weight excluding hydrogens is 248 g/mol. The van der Waals surface area contributed by atoms with E-state index in [4.69, 9.17) is 5.73 Å². The zero-order valence-electron chi connectivity index (χ0n) is 10.9. The van der Waals surface area contributed by atoms with E-state index in [0.29, 0.717) is 6.54 Å². The highest BCUT2D eigenvalue weighted by Gasteiger charge is 2.22. The fourth-order valence-corrected chi connectivity index (χ4v) is 3.14. The molecule has 0 unspecified atom stereocenters. The van der Waals surface area contributed by atoms with Crippen LogP contribution in [0.3, 0.4) is 0 Å². The van der Waals surface area contributed by atoms with Crippen LogP contribution in [-0.4, -0.2) is 32.5 Å². The van der Waals surface area contributed by atoms with Gasteiger partial charge in [-0.05, 0) is 44.0 Å². The van der Waals surface area contributed by atoms with Crippen LogP contribution in [0.2, 0.25) is 0 Å². The normalized spacial score (nSPS) is 15.2. The van der Waals surface area contributed by atoms with Gasteiger partial charge in [-0.1, -0.05) is 0 Å². The summed E-state index contributed by atoms with van der Waals surface area (Å²) in [6.07, 6.45) is 0.947. The van der Waals surface area contributed by atoms with Crippen molar-refractivity contribution in [3.05, 3.63) is 23.8 Å². The summed E-state index contributed by atoms with van der Waals surface area (Å²) in [6.45, 7) is 4.91. The molecule has 1 aromatic rings. The molecule has 0 bridgehead atoms. The molecule has 0 fully saturated rings. The number of nitrogen functional groups attached to an aromatic ring is 1. The number of sulfone groups is 1. The Hall–Kier alpha value is -1.23. The summed E-state index contributed by atoms with van der Waals surface area (Å²) in [5, 5.41) is -0.300. The first kappa shape index (κ1) is 13.2. The minimum absolute atomic E-state index is 0.217. The summed E-state index contributed by atoms with van der Waals surface area (Å²) in [4.78, 5) is 2.13. The minimum Gasteiger partial charge on any atom is -0.399 e. The molecule has 2 rings (SSSR count). The van der Waals surface area contributed by atoms with E-state index in [1.807, 2.05) is 18.2 Å². The van der Waals surface area contributed by atoms with Crippen molar-refractivity contribution in [3.63, 3.8) is 0 Å². The predicted molar refractivity (Wildman–Crippen MR) is 75.7 cm³/mol. The standard InChI is InChI=1S/C13H20N2O2S/c1-10(2)18(16,17)8-7-15-6-5-11-9-12(14)3-4-13(11)15/h3-4,9-10H,5-8,14H2,1-2H3. The lowest BCUT2D eigenvalue weighted by Crippen LogP contribution is -2.30. The van der Waals surface area contributed by atoms with E-state index in [-0.39, 0.29) is 11.0 Å². The van der Waals surface area contributed by atoms with E-state index < -0.39 is 9.84 Å². The number of nitrogens with zero attached hydrogens (tertiary/aromatic N) is 1. The van der Waals surface area contributed by atoms with Gasteiger partial charge in [-0.3, -0.25) is 0 Å². The Labute approximate surface area is 109 Å². The maximum Gasteiger partial charge on any atom is 0.154 e. The molecule has 18 heavy (non-hydrogen) atoms. The zero-order chi connectivity index (χ0) is 13.3. The molecule has 1 heterocycles. The van der Waals surface area contributed by atoms with Gasteiger partial charge in [0.15, 0.2) is 9.84 Å². The van der Waals surface area contributed by atoms with E-state index in [9.17, 15) is 8.42 Å². The molecule has 0 atom stereocenters. The maximum absolute atomic E-state index is 11.8. The van der Waals surface area contributed by atoms with Crippen molar-refractivity contribution < 1.29 is 8.42 Å². The lowest BCUT2D eigenvalue weighted by atomic mass is 10.1. The molecule has 0 saturated carbocycles. The number of anilines is 2. The van der Waals surface area contributed by atoms with Crippen LogP contribution in [0.1, 0.15) is 19.4 Å². The van der Waals surface area contributed by atoms with Gasteiger partial charge in [-0.2, -0.15) is 0 Å². The van der Waals surface area contributed by atoms with E-state index in [1.54, 1.807) is 13.8 Å². The van der Waals surface area contributed by atoms with E-state index >= 15 is 0 Å². The predicted octanol–water partition coefficient (Wildman–Crippen LogP) is 1.45. The molecular formula is C13H20N2O2S. The Balaban J connectivity index is 2.07. The third-order valence-corrected chi connectivity index (χ3v) is 5.65. The fraction of sp³-hybridized carbons (Fsp3) is 0.538. The molecule has 4 nitrogen and oxygen atoms in total. The molecule has 1 aliphatic heterocycles. The Morgan fingerprint density at radius 2 is 2.11 bits per heavy atom. The molecule has 0 amide bonds. The number of fused-ring (bicyclic) bond motifs is 1. The van der Waals surface area contributed by atoms with Gasteiger partial charge in [-0.15, -0.1) is 0 Å². The number of nitrogens with two attached hydrogens (primary N) is 1. The first-order chi connectivity index (χ1) is 8.40. The quantitative estimate of drug-likeness (QED) is 0.840. The van der Waals surface area contributed by atoms with E-state index in [1.165, 1.54) is 5.56 Å². The van der Waals surface area contributed by atoms with Crippen molar-refractivity contribution in [2.75, 3.05) is 29.5 Å². The second-order valence-electron chi connectivity index (χ2n) is 5.04. The van der Waals surface area contributed by atoms with Crippen LogP contribution < -0.4 is 10.6 Å². The van der Waals surface area contributed by atoms with Gasteiger partial charge in [0.05, 0.1) is 11.0 Å². The minimum atomic E-state index is -2.96. The van der Waals surface area contributed by atoms with Gasteiger partial charge in [-0.25, -0.2) is 8.42 Å². The second-order valence-corrected chi connectivity index (χ2v) is 7.72. The van der Waals surface area contributed by atoms with Crippen LogP contribution >= 0.6 is 0 Å². The molecule has 100 valence electrons. The molecule has 1 aromatic carbocycles. The lowest BCUT2D eigenvalue weighted by Gasteiger charge is -2.20. The molecule has 0 aliphatic carbocycles. The molecule has 0 spiro atoms. The topological polar surface area (TPSA) is 63.4 Å². The third kappa shape index (κ3) is 2.61. The summed E-state index contributed by atoms with van der Waals surface area (Å²) in [6, 6.07) is 5.83. The van der Waals surface area contributed by atoms with Gasteiger partial charge in [0.25, 0.3) is 0 Å². The molecule has 5 heteroatoms. The largest absolute Gasteiger partial charge is 0.399 e. The van der Waals surface area contributed by atoms with Gasteiger partial charge >= 0.3 is 0 Å². The summed E-state index contributed by atoms with van der Waals surface area (Å²) < 4.78 is 23.6. The summed E-state index contributed by atoms with van der Waals surface area (Å²) in [5.74, 6) is 0.217. The Morgan fingerprint density at radius 3 is 2.78 bits per heavy atom. The SMILES string of the molecule is CC(C)S(=O)(=O)CCN1CCc2cc(N)ccc21. The average molecular weight is 268 g/mol. The van der Waals surface area contributed by atoms with E-state index in [0.717, 1.165) is 24.3 Å². The Bertz CT molecular complexity index is 538. The van der Waals surface area contributed by atoms with Crippen molar-refractivity contribution in [3.8, 4) is 0 Å². The van der Waals surface area contributed by atoms with Crippen molar-refractivity contribution in [1.82, 2.24) is 0 Å². The molecule has 0 radical (unpaired) electrons. The number of rotatable bonds is 4. The molecule has 0 aromatic heterocycles. The molecule has 0 saturated heterocycles. The first-order valence-electron chi connectivity index (χ1n) is 6.25. The highest BCUT2D eigenvalue weighted by molar-refractivity contribution is 7.92. The van der Waals surface area contributed by atoms with Crippen molar-refractivity contribution >= 4 is 21.2 Å². The van der Waals surface area contributed by atoms with Gasteiger partial charge in [0, 0.05) is 24.5 Å². The van der Waals surface area contributed by atoms with Crippen LogP contribution in [0.5, 0.6) is 0 Å². The Morgan fingerprint density at radius 1 is 1.39 bits per heavy atom. The Kier molecular flexibility index (Phi) is 3.52. The smallest absolute Gasteiger partial charge is 0.154 e. The molecule has 1 aliphatic rings. The number of hydrogen-bond acceptors (Lipinski definition) is 4. The third-order valence-electron chi connectivity index (χ3n) is 3.46. The average Bonchev–Trinajstić information content (AvgIpc) is 2.68. The van der Waals surface area contributed by atoms with Crippen molar-refractivity contribution in [1.29, 1.82) is 0 Å². The van der Waals surface area contributed by atoms with Crippen LogP contribution in [0.25, 0.3) is 0 Å². The van der Waals surface area contributed by atoms with Crippen LogP contribution in [0.15, 0.2) is 18.2 Å². The highest BCUT2D eigenvalue weighted by atomic mass is 32.2. The van der Waals surface area contributed by atoms with Gasteiger partial charge < -0.3 is 10.6 Å². The van der Waals surface area contributed by atoms with Crippen molar-refractivity contribution in [2.24, 2.45) is 0 Å². The van der Waals surface area contributed by atoms with Crippen LogP contribution in [-0.2, 0) is 16.3 Å². The lowest BCUT2D eigenvalue weighted by molar-refractivity contribution is 0.586. The second kappa shape index (κ2) is 4.80. The monoisotopic (exact) mass is 268 g/mol. The molecule has 2 N–H and O–H groups in total. The highest BCUT2D eigenvalue weighted by Crippen LogP contribution is 2.29. The van der Waals surface area contributed by atoms with Gasteiger partial charge in [0.1, 0.15) is 0 Å².